The Morgan fingerprint density at radius 1 is 1.43 bits per heavy atom. The van der Waals surface area contributed by atoms with Gasteiger partial charge in [0, 0.05) is 0 Å². The van der Waals surface area contributed by atoms with E-state index in [0.29, 0.717) is 0 Å². The van der Waals surface area contributed by atoms with Crippen LogP contribution in [0, 0.1) is 11.3 Å². The second-order valence-corrected chi connectivity index (χ2v) is 2.78. The molecule has 0 saturated heterocycles. The molecule has 0 unspecified atom stereocenters. The van der Waals surface area contributed by atoms with Crippen LogP contribution in [0.5, 0.6) is 0 Å². The molecule has 1 rings (SSSR count). The van der Waals surface area contributed by atoms with Crippen molar-refractivity contribution in [2.75, 3.05) is 6.54 Å². The number of carbonyl (C=O) groups is 1. The van der Waals surface area contributed by atoms with Gasteiger partial charge in [-0.25, -0.2) is 4.79 Å². The lowest BCUT2D eigenvalue weighted by molar-refractivity contribution is 0.148. The van der Waals surface area contributed by atoms with Crippen molar-refractivity contribution in [2.24, 2.45) is 0 Å². The molecule has 0 aromatic heterocycles. The second-order valence-electron chi connectivity index (χ2n) is 2.78. The van der Waals surface area contributed by atoms with Crippen molar-refractivity contribution in [2.45, 2.75) is 6.54 Å². The minimum atomic E-state index is -1.07. The minimum Gasteiger partial charge on any atom is -0.465 e. The third kappa shape index (κ3) is 2.79. The maximum atomic E-state index is 10.7. The largest absolute Gasteiger partial charge is 0.465 e. The fourth-order valence-electron chi connectivity index (χ4n) is 1.08. The van der Waals surface area contributed by atoms with Crippen molar-refractivity contribution < 1.29 is 9.90 Å². The number of hydrogen-bond acceptors (Lipinski definition) is 2. The van der Waals surface area contributed by atoms with Crippen LogP contribution < -0.4 is 0 Å². The summed E-state index contributed by atoms with van der Waals surface area (Å²) in [6.07, 6.45) is -1.07. The number of nitriles is 1. The molecule has 0 saturated carbocycles. The number of carboxylic acid groups (broad SMARTS) is 1. The predicted molar refractivity (Wildman–Crippen MR) is 50.5 cm³/mol. The van der Waals surface area contributed by atoms with Gasteiger partial charge in [0.25, 0.3) is 0 Å². The average Bonchev–Trinajstić information content (AvgIpc) is 2.18. The number of benzene rings is 1. The molecule has 1 N–H and O–H groups in total. The molecule has 0 aliphatic heterocycles. The van der Waals surface area contributed by atoms with E-state index in [0.717, 1.165) is 10.5 Å². The van der Waals surface area contributed by atoms with E-state index in [-0.39, 0.29) is 13.1 Å². The Hall–Kier alpha value is -2.02. The highest BCUT2D eigenvalue weighted by molar-refractivity contribution is 5.65. The molecule has 0 atom stereocenters. The summed E-state index contributed by atoms with van der Waals surface area (Å²) in [5.74, 6) is 0. The van der Waals surface area contributed by atoms with Crippen LogP contribution in [0.25, 0.3) is 0 Å². The van der Waals surface area contributed by atoms with Crippen molar-refractivity contribution in [3.8, 4) is 6.07 Å². The van der Waals surface area contributed by atoms with Crippen LogP contribution in [0.15, 0.2) is 30.3 Å². The van der Waals surface area contributed by atoms with E-state index in [1.54, 1.807) is 0 Å². The van der Waals surface area contributed by atoms with Crippen molar-refractivity contribution in [3.05, 3.63) is 35.9 Å². The molecule has 4 nitrogen and oxygen atoms in total. The van der Waals surface area contributed by atoms with Gasteiger partial charge in [0.05, 0.1) is 12.6 Å². The Bertz CT molecular complexity index is 343. The lowest BCUT2D eigenvalue weighted by atomic mass is 10.2. The van der Waals surface area contributed by atoms with Crippen LogP contribution in [-0.2, 0) is 6.54 Å². The summed E-state index contributed by atoms with van der Waals surface area (Å²) in [5.41, 5.74) is 0.880. The first-order chi connectivity index (χ1) is 6.74. The Kier molecular flexibility index (Phi) is 3.50. The quantitative estimate of drug-likeness (QED) is 0.737. The molecule has 72 valence electrons. The molecule has 0 aliphatic rings. The van der Waals surface area contributed by atoms with E-state index in [1.165, 1.54) is 0 Å². The molecule has 4 heteroatoms. The molecule has 1 aromatic carbocycles. The zero-order valence-corrected chi connectivity index (χ0v) is 7.55. The van der Waals surface area contributed by atoms with Crippen molar-refractivity contribution >= 4 is 6.09 Å². The van der Waals surface area contributed by atoms with Gasteiger partial charge < -0.3 is 5.11 Å². The summed E-state index contributed by atoms with van der Waals surface area (Å²) >= 11 is 0. The molecule has 1 aromatic rings. The SMILES string of the molecule is N#CCN(Cc1ccccc1)C(=O)O. The number of nitrogens with zero attached hydrogens (tertiary/aromatic N) is 2. The summed E-state index contributed by atoms with van der Waals surface area (Å²) in [5, 5.41) is 17.1. The second kappa shape index (κ2) is 4.87. The Morgan fingerprint density at radius 3 is 2.57 bits per heavy atom. The van der Waals surface area contributed by atoms with Gasteiger partial charge in [0.15, 0.2) is 0 Å². The molecular weight excluding hydrogens is 180 g/mol. The molecular formula is C10H10N2O2. The molecule has 0 radical (unpaired) electrons. The monoisotopic (exact) mass is 190 g/mol. The molecule has 14 heavy (non-hydrogen) atoms. The molecule has 0 bridgehead atoms. The van der Waals surface area contributed by atoms with Gasteiger partial charge >= 0.3 is 6.09 Å². The highest BCUT2D eigenvalue weighted by atomic mass is 16.4. The highest BCUT2D eigenvalue weighted by Crippen LogP contribution is 2.03. The van der Waals surface area contributed by atoms with Crippen molar-refractivity contribution in [1.82, 2.24) is 4.90 Å². The van der Waals surface area contributed by atoms with Crippen LogP contribution in [-0.4, -0.2) is 22.6 Å². The molecule has 0 heterocycles. The van der Waals surface area contributed by atoms with E-state index >= 15 is 0 Å². The normalized spacial score (nSPS) is 9.07. The fraction of sp³-hybridized carbons (Fsp3) is 0.200. The van der Waals surface area contributed by atoms with E-state index in [9.17, 15) is 4.79 Å². The Morgan fingerprint density at radius 2 is 2.07 bits per heavy atom. The van der Waals surface area contributed by atoms with Gasteiger partial charge in [0.2, 0.25) is 0 Å². The number of rotatable bonds is 3. The molecule has 0 aliphatic carbocycles. The summed E-state index contributed by atoms with van der Waals surface area (Å²) < 4.78 is 0. The third-order valence-electron chi connectivity index (χ3n) is 1.75. The van der Waals surface area contributed by atoms with Gasteiger partial charge in [0.1, 0.15) is 6.54 Å². The van der Waals surface area contributed by atoms with Gasteiger partial charge in [-0.2, -0.15) is 5.26 Å². The average molecular weight is 190 g/mol. The van der Waals surface area contributed by atoms with E-state index in [2.05, 4.69) is 0 Å². The van der Waals surface area contributed by atoms with Crippen LogP contribution in [0.3, 0.4) is 0 Å². The number of amides is 1. The standard InChI is InChI=1S/C10H10N2O2/c11-6-7-12(10(13)14)8-9-4-2-1-3-5-9/h1-5H,7-8H2,(H,13,14). The van der Waals surface area contributed by atoms with Gasteiger partial charge in [-0.1, -0.05) is 30.3 Å². The highest BCUT2D eigenvalue weighted by Gasteiger charge is 2.10. The van der Waals surface area contributed by atoms with Crippen LogP contribution in [0.1, 0.15) is 5.56 Å². The van der Waals surface area contributed by atoms with E-state index in [1.807, 2.05) is 36.4 Å². The zero-order valence-electron chi connectivity index (χ0n) is 7.55. The Balaban J connectivity index is 2.66. The summed E-state index contributed by atoms with van der Waals surface area (Å²) in [7, 11) is 0. The topological polar surface area (TPSA) is 64.3 Å². The Labute approximate surface area is 82.0 Å². The van der Waals surface area contributed by atoms with Gasteiger partial charge in [-0.3, -0.25) is 4.90 Å². The van der Waals surface area contributed by atoms with E-state index in [4.69, 9.17) is 10.4 Å². The summed E-state index contributed by atoms with van der Waals surface area (Å²) in [6, 6.07) is 11.0. The first-order valence-electron chi connectivity index (χ1n) is 4.13. The smallest absolute Gasteiger partial charge is 0.408 e. The van der Waals surface area contributed by atoms with E-state index < -0.39 is 6.09 Å². The first-order valence-corrected chi connectivity index (χ1v) is 4.13. The maximum Gasteiger partial charge on any atom is 0.408 e. The fourth-order valence-corrected chi connectivity index (χ4v) is 1.08. The number of hydrogen-bond donors (Lipinski definition) is 1. The van der Waals surface area contributed by atoms with Crippen molar-refractivity contribution in [3.63, 3.8) is 0 Å². The van der Waals surface area contributed by atoms with Crippen LogP contribution in [0.4, 0.5) is 4.79 Å². The lowest BCUT2D eigenvalue weighted by Crippen LogP contribution is -2.29. The van der Waals surface area contributed by atoms with Crippen molar-refractivity contribution in [1.29, 1.82) is 5.26 Å². The zero-order chi connectivity index (χ0) is 10.4. The summed E-state index contributed by atoms with van der Waals surface area (Å²) in [4.78, 5) is 11.7. The maximum absolute atomic E-state index is 10.7. The lowest BCUT2D eigenvalue weighted by Gasteiger charge is -2.14. The van der Waals surface area contributed by atoms with Crippen LogP contribution in [0.2, 0.25) is 0 Å². The minimum absolute atomic E-state index is 0.107. The molecule has 0 fully saturated rings. The van der Waals surface area contributed by atoms with Gasteiger partial charge in [-0.15, -0.1) is 0 Å². The van der Waals surface area contributed by atoms with Crippen LogP contribution >= 0.6 is 0 Å². The molecule has 1 amide bonds. The van der Waals surface area contributed by atoms with Gasteiger partial charge in [-0.05, 0) is 5.56 Å². The summed E-state index contributed by atoms with van der Waals surface area (Å²) in [6.45, 7) is 0.147. The predicted octanol–water partition coefficient (Wildman–Crippen LogP) is 1.69. The first kappa shape index (κ1) is 10.1. The molecule has 0 spiro atoms. The third-order valence-corrected chi connectivity index (χ3v) is 1.75.